The summed E-state index contributed by atoms with van der Waals surface area (Å²) in [5.41, 5.74) is -0.335. The third-order valence-electron chi connectivity index (χ3n) is 7.21. The lowest BCUT2D eigenvalue weighted by atomic mass is 9.72. The van der Waals surface area contributed by atoms with Gasteiger partial charge in [0.25, 0.3) is 0 Å². The predicted octanol–water partition coefficient (Wildman–Crippen LogP) is 8.63. The average molecular weight is 518 g/mol. The second-order valence-corrected chi connectivity index (χ2v) is 10.3. The average Bonchev–Trinajstić information content (AvgIpc) is 2.86. The highest BCUT2D eigenvalue weighted by Crippen LogP contribution is 2.50. The molecule has 0 saturated carbocycles. The van der Waals surface area contributed by atoms with Crippen molar-refractivity contribution in [3.05, 3.63) is 88.3 Å². The summed E-state index contributed by atoms with van der Waals surface area (Å²) in [6.07, 6.45) is -0.310. The molecule has 2 aliphatic rings. The van der Waals surface area contributed by atoms with E-state index >= 15 is 4.39 Å². The lowest BCUT2D eigenvalue weighted by Crippen LogP contribution is -2.40. The first-order valence-corrected chi connectivity index (χ1v) is 12.8. The summed E-state index contributed by atoms with van der Waals surface area (Å²) in [7, 11) is 0. The number of halogens is 5. The van der Waals surface area contributed by atoms with E-state index in [1.807, 2.05) is 19.9 Å². The Morgan fingerprint density at radius 1 is 1.05 bits per heavy atom. The van der Waals surface area contributed by atoms with Crippen molar-refractivity contribution in [3.8, 4) is 0 Å². The van der Waals surface area contributed by atoms with Crippen LogP contribution in [-0.2, 0) is 6.18 Å². The lowest BCUT2D eigenvalue weighted by Gasteiger charge is -2.41. The zero-order valence-electron chi connectivity index (χ0n) is 21.2. The molecule has 4 rings (SSSR count). The van der Waals surface area contributed by atoms with Crippen LogP contribution in [0.4, 0.5) is 22.0 Å². The minimum Gasteiger partial charge on any atom is -0.365 e. The Morgan fingerprint density at radius 3 is 2.27 bits per heavy atom. The summed E-state index contributed by atoms with van der Waals surface area (Å²) in [5, 5.41) is 11.7. The van der Waals surface area contributed by atoms with Crippen molar-refractivity contribution in [1.82, 2.24) is 0 Å². The quantitative estimate of drug-likeness (QED) is 0.366. The standard InChI is InChI=1S/C30H32F5NO/c1-4-5-6-19-15-16-29(37)24(17-19)25(20-9-13-23(31)14-10-20)26(28(36-29)18(2)3)27(32)21-7-11-22(12-8-21)30(33,34)35/h7-14,17-19,27,37H,4-6,15-16H2,1-3H3. The molecule has 1 aliphatic heterocycles. The van der Waals surface area contributed by atoms with E-state index in [-0.39, 0.29) is 23.0 Å². The first-order valence-electron chi connectivity index (χ1n) is 12.8. The highest BCUT2D eigenvalue weighted by molar-refractivity contribution is 6.13. The monoisotopic (exact) mass is 517 g/mol. The summed E-state index contributed by atoms with van der Waals surface area (Å²) in [5.74, 6) is -0.555. The molecule has 0 amide bonds. The van der Waals surface area contributed by atoms with Gasteiger partial charge in [0.2, 0.25) is 0 Å². The summed E-state index contributed by atoms with van der Waals surface area (Å²) in [4.78, 5) is 4.68. The maximum Gasteiger partial charge on any atom is 0.416 e. The van der Waals surface area contributed by atoms with Crippen LogP contribution < -0.4 is 0 Å². The molecule has 3 atom stereocenters. The van der Waals surface area contributed by atoms with Gasteiger partial charge in [-0.3, -0.25) is 4.99 Å². The van der Waals surface area contributed by atoms with Crippen LogP contribution in [0.15, 0.2) is 70.7 Å². The molecule has 0 fully saturated rings. The number of unbranched alkanes of at least 4 members (excludes halogenated alkanes) is 1. The first-order chi connectivity index (χ1) is 17.4. The Bertz CT molecular complexity index is 1210. The number of rotatable bonds is 7. The number of hydrogen-bond acceptors (Lipinski definition) is 2. The zero-order valence-corrected chi connectivity index (χ0v) is 21.2. The van der Waals surface area contributed by atoms with Crippen LogP contribution in [0, 0.1) is 17.7 Å². The second-order valence-electron chi connectivity index (χ2n) is 10.3. The Balaban J connectivity index is 1.94. The predicted molar refractivity (Wildman–Crippen MR) is 136 cm³/mol. The maximum absolute atomic E-state index is 16.5. The van der Waals surface area contributed by atoms with Crippen molar-refractivity contribution in [3.63, 3.8) is 0 Å². The van der Waals surface area contributed by atoms with Gasteiger partial charge >= 0.3 is 6.18 Å². The summed E-state index contributed by atoms with van der Waals surface area (Å²) in [6, 6.07) is 9.67. The molecular weight excluding hydrogens is 485 g/mol. The molecule has 2 aromatic rings. The van der Waals surface area contributed by atoms with Crippen LogP contribution in [0.3, 0.4) is 0 Å². The maximum atomic E-state index is 16.5. The van der Waals surface area contributed by atoms with Gasteiger partial charge in [0, 0.05) is 23.3 Å². The normalized spacial score (nSPS) is 23.0. The minimum absolute atomic E-state index is 0.0559. The highest BCUT2D eigenvalue weighted by atomic mass is 19.4. The van der Waals surface area contributed by atoms with Gasteiger partial charge in [0.1, 0.15) is 5.82 Å². The van der Waals surface area contributed by atoms with E-state index in [4.69, 9.17) is 0 Å². The van der Waals surface area contributed by atoms with Gasteiger partial charge in [-0.05, 0) is 65.6 Å². The molecule has 1 N–H and O–H groups in total. The van der Waals surface area contributed by atoms with Gasteiger partial charge in [0.15, 0.2) is 11.9 Å². The van der Waals surface area contributed by atoms with Gasteiger partial charge in [-0.1, -0.05) is 64.0 Å². The number of nitrogens with zero attached hydrogens (tertiary/aromatic N) is 1. The van der Waals surface area contributed by atoms with Crippen molar-refractivity contribution in [2.24, 2.45) is 16.8 Å². The molecule has 2 aromatic carbocycles. The molecule has 2 nitrogen and oxygen atoms in total. The smallest absolute Gasteiger partial charge is 0.365 e. The number of aliphatic hydroxyl groups is 1. The summed E-state index contributed by atoms with van der Waals surface area (Å²) < 4.78 is 69.7. The van der Waals surface area contributed by atoms with E-state index < -0.39 is 29.5 Å². The number of benzene rings is 2. The largest absolute Gasteiger partial charge is 0.416 e. The van der Waals surface area contributed by atoms with Crippen LogP contribution in [0.25, 0.3) is 5.57 Å². The van der Waals surface area contributed by atoms with E-state index in [2.05, 4.69) is 11.9 Å². The van der Waals surface area contributed by atoms with Crippen LogP contribution in [-0.4, -0.2) is 16.5 Å². The fraction of sp³-hybridized carbons (Fsp3) is 0.433. The molecule has 0 radical (unpaired) electrons. The van der Waals surface area contributed by atoms with Gasteiger partial charge in [-0.15, -0.1) is 0 Å². The van der Waals surface area contributed by atoms with E-state index in [0.717, 1.165) is 49.9 Å². The van der Waals surface area contributed by atoms with E-state index in [0.29, 0.717) is 28.8 Å². The minimum atomic E-state index is -4.53. The Morgan fingerprint density at radius 2 is 1.70 bits per heavy atom. The van der Waals surface area contributed by atoms with Crippen molar-refractivity contribution < 1.29 is 27.1 Å². The van der Waals surface area contributed by atoms with Crippen molar-refractivity contribution in [2.45, 2.75) is 70.9 Å². The molecule has 3 unspecified atom stereocenters. The van der Waals surface area contributed by atoms with Crippen LogP contribution >= 0.6 is 0 Å². The molecule has 0 spiro atoms. The molecular formula is C30H32F5NO. The molecule has 0 bridgehead atoms. The topological polar surface area (TPSA) is 32.6 Å². The van der Waals surface area contributed by atoms with Gasteiger partial charge in [-0.25, -0.2) is 8.78 Å². The Labute approximate surface area is 214 Å². The molecule has 1 aliphatic carbocycles. The van der Waals surface area contributed by atoms with Crippen LogP contribution in [0.5, 0.6) is 0 Å². The Kier molecular flexibility index (Phi) is 7.75. The van der Waals surface area contributed by atoms with Crippen LogP contribution in [0.2, 0.25) is 0 Å². The van der Waals surface area contributed by atoms with Gasteiger partial charge in [0.05, 0.1) is 5.56 Å². The second kappa shape index (κ2) is 10.5. The number of fused-ring (bicyclic) bond motifs is 1. The number of alkyl halides is 4. The fourth-order valence-corrected chi connectivity index (χ4v) is 5.23. The van der Waals surface area contributed by atoms with Crippen molar-refractivity contribution in [2.75, 3.05) is 0 Å². The summed E-state index contributed by atoms with van der Waals surface area (Å²) >= 11 is 0. The van der Waals surface area contributed by atoms with Crippen molar-refractivity contribution in [1.29, 1.82) is 0 Å². The molecule has 1 heterocycles. The molecule has 7 heteroatoms. The molecule has 37 heavy (non-hydrogen) atoms. The van der Waals surface area contributed by atoms with E-state index in [1.54, 1.807) is 12.1 Å². The van der Waals surface area contributed by atoms with Crippen LogP contribution in [0.1, 0.15) is 75.7 Å². The fourth-order valence-electron chi connectivity index (χ4n) is 5.23. The molecule has 198 valence electrons. The third kappa shape index (κ3) is 5.57. The molecule has 0 saturated heterocycles. The molecule has 0 aromatic heterocycles. The number of hydrogen-bond donors (Lipinski definition) is 1. The van der Waals surface area contributed by atoms with Crippen molar-refractivity contribution >= 4 is 11.3 Å². The Hall–Kier alpha value is -2.80. The number of dihydropyridines is 1. The highest BCUT2D eigenvalue weighted by Gasteiger charge is 2.45. The lowest BCUT2D eigenvalue weighted by molar-refractivity contribution is -0.137. The van der Waals surface area contributed by atoms with Gasteiger partial charge < -0.3 is 5.11 Å². The summed E-state index contributed by atoms with van der Waals surface area (Å²) in [6.45, 7) is 5.78. The first kappa shape index (κ1) is 27.2. The zero-order chi connectivity index (χ0) is 27.0. The van der Waals surface area contributed by atoms with Gasteiger partial charge in [-0.2, -0.15) is 13.2 Å². The SMILES string of the molecule is CCCCC1C=C2C(c3ccc(F)cc3)=C(C(F)c3ccc(C(F)(F)F)cc3)C(C(C)C)=NC2(O)CC1. The number of aliphatic imine (C=N–C) groups is 1. The van der Waals surface area contributed by atoms with E-state index in [9.17, 15) is 22.7 Å². The third-order valence-corrected chi connectivity index (χ3v) is 7.21. The number of allylic oxidation sites excluding steroid dienone is 2. The van der Waals surface area contributed by atoms with E-state index in [1.165, 1.54) is 12.1 Å².